The Kier molecular flexibility index (Phi) is 5.55. The Morgan fingerprint density at radius 3 is 2.17 bits per heavy atom. The molecule has 0 aromatic heterocycles. The second kappa shape index (κ2) is 5.57. The molecular weight excluding hydrogens is 218 g/mol. The van der Waals surface area contributed by atoms with Crippen molar-refractivity contribution in [2.45, 2.75) is 33.6 Å². The summed E-state index contributed by atoms with van der Waals surface area (Å²) in [6.07, 6.45) is 2.18. The number of alkyl halides is 1. The van der Waals surface area contributed by atoms with E-state index in [1.807, 2.05) is 0 Å². The van der Waals surface area contributed by atoms with Gasteiger partial charge in [-0.2, -0.15) is 0 Å². The third kappa shape index (κ3) is 3.57. The fourth-order valence-corrected chi connectivity index (χ4v) is 2.04. The highest BCUT2D eigenvalue weighted by molar-refractivity contribution is 9.09. The molecule has 0 unspecified atom stereocenters. The molecule has 1 amide bonds. The lowest BCUT2D eigenvalue weighted by atomic mass is 9.85. The van der Waals surface area contributed by atoms with Crippen molar-refractivity contribution in [3.63, 3.8) is 0 Å². The molecule has 72 valence electrons. The number of halogens is 1. The predicted molar refractivity (Wildman–Crippen MR) is 55.5 cm³/mol. The number of rotatable bonds is 5. The highest BCUT2D eigenvalue weighted by Crippen LogP contribution is 2.27. The highest BCUT2D eigenvalue weighted by atomic mass is 79.9. The first kappa shape index (κ1) is 11.9. The van der Waals surface area contributed by atoms with Gasteiger partial charge in [-0.05, 0) is 18.3 Å². The number of nitrogens with one attached hydrogen (secondary N) is 1. The minimum atomic E-state index is 0.0576. The molecule has 12 heavy (non-hydrogen) atoms. The van der Waals surface area contributed by atoms with Gasteiger partial charge in [-0.3, -0.25) is 4.79 Å². The van der Waals surface area contributed by atoms with Crippen molar-refractivity contribution < 1.29 is 4.79 Å². The van der Waals surface area contributed by atoms with Crippen molar-refractivity contribution in [2.24, 2.45) is 5.41 Å². The van der Waals surface area contributed by atoms with Crippen LogP contribution in [0.3, 0.4) is 0 Å². The lowest BCUT2D eigenvalue weighted by Gasteiger charge is -2.29. The molecule has 0 bridgehead atoms. The van der Waals surface area contributed by atoms with Crippen LogP contribution in [0.4, 0.5) is 0 Å². The molecule has 1 N–H and O–H groups in total. The van der Waals surface area contributed by atoms with Crippen LogP contribution in [-0.2, 0) is 4.79 Å². The average molecular weight is 236 g/mol. The minimum Gasteiger partial charge on any atom is -0.356 e. The van der Waals surface area contributed by atoms with Gasteiger partial charge in [0.25, 0.3) is 0 Å². The first-order chi connectivity index (χ1) is 5.60. The van der Waals surface area contributed by atoms with Crippen LogP contribution in [0.25, 0.3) is 0 Å². The van der Waals surface area contributed by atoms with Crippen LogP contribution >= 0.6 is 15.9 Å². The molecule has 0 heterocycles. The SMILES string of the molecule is CCC(CC)(CBr)CNC(C)=O. The summed E-state index contributed by atoms with van der Waals surface area (Å²) in [4.78, 5) is 10.7. The van der Waals surface area contributed by atoms with Crippen molar-refractivity contribution in [3.8, 4) is 0 Å². The van der Waals surface area contributed by atoms with Gasteiger partial charge in [0.05, 0.1) is 0 Å². The number of hydrogen-bond donors (Lipinski definition) is 1. The van der Waals surface area contributed by atoms with E-state index in [2.05, 4.69) is 35.1 Å². The zero-order chi connectivity index (χ0) is 9.61. The zero-order valence-corrected chi connectivity index (χ0v) is 9.70. The van der Waals surface area contributed by atoms with Crippen molar-refractivity contribution in [1.29, 1.82) is 0 Å². The second-order valence-corrected chi connectivity index (χ2v) is 3.81. The summed E-state index contributed by atoms with van der Waals surface area (Å²) in [5, 5.41) is 3.82. The summed E-state index contributed by atoms with van der Waals surface area (Å²) in [6.45, 7) is 6.66. The van der Waals surface area contributed by atoms with Crippen molar-refractivity contribution >= 4 is 21.8 Å². The van der Waals surface area contributed by atoms with Crippen molar-refractivity contribution in [2.75, 3.05) is 11.9 Å². The Labute approximate surface area is 83.2 Å². The lowest BCUT2D eigenvalue weighted by Crippen LogP contribution is -2.37. The number of carbonyl (C=O) groups is 1. The molecule has 0 radical (unpaired) electrons. The molecule has 0 aromatic rings. The molecule has 0 atom stereocenters. The van der Waals surface area contributed by atoms with Gasteiger partial charge in [-0.15, -0.1) is 0 Å². The van der Waals surface area contributed by atoms with E-state index in [1.165, 1.54) is 0 Å². The number of carbonyl (C=O) groups excluding carboxylic acids is 1. The largest absolute Gasteiger partial charge is 0.356 e. The summed E-state index contributed by atoms with van der Waals surface area (Å²) < 4.78 is 0. The van der Waals surface area contributed by atoms with E-state index in [0.29, 0.717) is 0 Å². The van der Waals surface area contributed by atoms with Gasteiger partial charge in [-0.25, -0.2) is 0 Å². The molecule has 0 saturated carbocycles. The van der Waals surface area contributed by atoms with E-state index in [9.17, 15) is 4.79 Å². The summed E-state index contributed by atoms with van der Waals surface area (Å²) in [6, 6.07) is 0. The van der Waals surface area contributed by atoms with Crippen LogP contribution in [-0.4, -0.2) is 17.8 Å². The quantitative estimate of drug-likeness (QED) is 0.729. The standard InChI is InChI=1S/C9H18BrNO/c1-4-9(5-2,6-10)7-11-8(3)12/h4-7H2,1-3H3,(H,11,12). The van der Waals surface area contributed by atoms with E-state index in [-0.39, 0.29) is 11.3 Å². The van der Waals surface area contributed by atoms with Gasteiger partial charge in [0.1, 0.15) is 0 Å². The predicted octanol–water partition coefficient (Wildman–Crippen LogP) is 2.32. The van der Waals surface area contributed by atoms with Crippen LogP contribution in [0, 0.1) is 5.41 Å². The summed E-state index contributed by atoms with van der Waals surface area (Å²) in [7, 11) is 0. The monoisotopic (exact) mass is 235 g/mol. The minimum absolute atomic E-state index is 0.0576. The van der Waals surface area contributed by atoms with E-state index < -0.39 is 0 Å². The zero-order valence-electron chi connectivity index (χ0n) is 8.11. The Morgan fingerprint density at radius 2 is 1.92 bits per heavy atom. The van der Waals surface area contributed by atoms with E-state index in [4.69, 9.17) is 0 Å². The summed E-state index contributed by atoms with van der Waals surface area (Å²) in [5.74, 6) is 0.0576. The molecule has 0 aliphatic heterocycles. The summed E-state index contributed by atoms with van der Waals surface area (Å²) in [5.41, 5.74) is 0.242. The Morgan fingerprint density at radius 1 is 1.42 bits per heavy atom. The first-order valence-corrected chi connectivity index (χ1v) is 5.52. The molecule has 0 aliphatic carbocycles. The van der Waals surface area contributed by atoms with Crippen LogP contribution in [0.2, 0.25) is 0 Å². The van der Waals surface area contributed by atoms with Crippen LogP contribution < -0.4 is 5.32 Å². The first-order valence-electron chi connectivity index (χ1n) is 4.40. The average Bonchev–Trinajstić information content (AvgIpc) is 2.08. The molecule has 2 nitrogen and oxygen atoms in total. The van der Waals surface area contributed by atoms with Crippen molar-refractivity contribution in [1.82, 2.24) is 5.32 Å². The van der Waals surface area contributed by atoms with Gasteiger partial charge >= 0.3 is 0 Å². The van der Waals surface area contributed by atoms with E-state index in [0.717, 1.165) is 24.7 Å². The Hall–Kier alpha value is -0.0500. The number of hydrogen-bond acceptors (Lipinski definition) is 1. The maximum Gasteiger partial charge on any atom is 0.216 e. The maximum absolute atomic E-state index is 10.7. The van der Waals surface area contributed by atoms with Gasteiger partial charge in [0.2, 0.25) is 5.91 Å². The summed E-state index contributed by atoms with van der Waals surface area (Å²) >= 11 is 3.49. The molecule has 0 spiro atoms. The second-order valence-electron chi connectivity index (χ2n) is 3.25. The van der Waals surface area contributed by atoms with E-state index in [1.54, 1.807) is 6.92 Å². The van der Waals surface area contributed by atoms with Gasteiger partial charge in [0, 0.05) is 18.8 Å². The molecule has 3 heteroatoms. The topological polar surface area (TPSA) is 29.1 Å². The van der Waals surface area contributed by atoms with Crippen LogP contribution in [0.15, 0.2) is 0 Å². The molecular formula is C9H18BrNO. The fraction of sp³-hybridized carbons (Fsp3) is 0.889. The molecule has 0 aliphatic rings. The van der Waals surface area contributed by atoms with Crippen molar-refractivity contribution in [3.05, 3.63) is 0 Å². The molecule has 0 aromatic carbocycles. The fourth-order valence-electron chi connectivity index (χ4n) is 1.05. The highest BCUT2D eigenvalue weighted by Gasteiger charge is 2.24. The molecule has 0 rings (SSSR count). The molecule has 0 saturated heterocycles. The maximum atomic E-state index is 10.7. The van der Waals surface area contributed by atoms with Crippen LogP contribution in [0.1, 0.15) is 33.6 Å². The smallest absolute Gasteiger partial charge is 0.216 e. The van der Waals surface area contributed by atoms with Gasteiger partial charge in [-0.1, -0.05) is 29.8 Å². The Bertz CT molecular complexity index is 135. The normalized spacial score (nSPS) is 11.3. The van der Waals surface area contributed by atoms with Gasteiger partial charge < -0.3 is 5.32 Å². The van der Waals surface area contributed by atoms with E-state index >= 15 is 0 Å². The van der Waals surface area contributed by atoms with Gasteiger partial charge in [0.15, 0.2) is 0 Å². The van der Waals surface area contributed by atoms with Crippen LogP contribution in [0.5, 0.6) is 0 Å². The molecule has 0 fully saturated rings. The third-order valence-electron chi connectivity index (χ3n) is 2.50. The lowest BCUT2D eigenvalue weighted by molar-refractivity contribution is -0.119. The Balaban J connectivity index is 4.01. The number of amides is 1. The third-order valence-corrected chi connectivity index (χ3v) is 3.69.